The Morgan fingerprint density at radius 3 is 2.34 bits per heavy atom. The first-order valence-corrected chi connectivity index (χ1v) is 11.8. The highest BCUT2D eigenvalue weighted by molar-refractivity contribution is 6.43. The first kappa shape index (κ1) is 24.3. The average Bonchev–Trinajstić information content (AvgIpc) is 3.18. The highest BCUT2D eigenvalue weighted by atomic mass is 19.1. The quantitative estimate of drug-likeness (QED) is 0.418. The fourth-order valence-corrected chi connectivity index (χ4v) is 4.55. The number of Topliss-reactive ketones (excluding diaryl/α,β-unsaturated/α-hetero) is 1. The number of carbonyl (C=O) groups is 3. The third-order valence-corrected chi connectivity index (χ3v) is 6.52. The first-order valence-electron chi connectivity index (χ1n) is 11.8. The molecule has 3 aromatic rings. The number of nitrogens with zero attached hydrogens (tertiary/aromatic N) is 3. The summed E-state index contributed by atoms with van der Waals surface area (Å²) in [6.45, 7) is 4.53. The number of piperidine rings is 1. The second-order valence-corrected chi connectivity index (χ2v) is 8.82. The predicted octanol–water partition coefficient (Wildman–Crippen LogP) is 3.41. The van der Waals surface area contributed by atoms with Crippen molar-refractivity contribution in [2.24, 2.45) is 5.92 Å². The van der Waals surface area contributed by atoms with Gasteiger partial charge in [0, 0.05) is 25.6 Å². The number of hydrogen-bond donors (Lipinski definition) is 1. The van der Waals surface area contributed by atoms with Gasteiger partial charge in [0.05, 0.1) is 22.6 Å². The number of likely N-dealkylation sites (tertiary alicyclic amines) is 1. The molecule has 1 aliphatic rings. The van der Waals surface area contributed by atoms with Gasteiger partial charge in [0.2, 0.25) is 5.91 Å². The van der Waals surface area contributed by atoms with Crippen LogP contribution in [0.25, 0.3) is 5.69 Å². The van der Waals surface area contributed by atoms with E-state index in [2.05, 4.69) is 10.4 Å². The maximum atomic E-state index is 13.7. The highest BCUT2D eigenvalue weighted by Crippen LogP contribution is 2.22. The number of halogens is 1. The van der Waals surface area contributed by atoms with E-state index in [0.717, 1.165) is 5.69 Å². The summed E-state index contributed by atoms with van der Waals surface area (Å²) in [5, 5.41) is 7.34. The van der Waals surface area contributed by atoms with Crippen molar-refractivity contribution in [3.63, 3.8) is 0 Å². The Labute approximate surface area is 203 Å². The molecule has 0 saturated carbocycles. The molecule has 1 N–H and O–H groups in total. The molecule has 182 valence electrons. The SMILES string of the molecule is Cc1nn(-c2ccccc2)c(C)c1C(=O)C(=O)N1CCC(C(=O)NCCc2ccccc2F)CC1. The van der Waals surface area contributed by atoms with Crippen molar-refractivity contribution in [1.29, 1.82) is 0 Å². The van der Waals surface area contributed by atoms with Crippen LogP contribution in [-0.4, -0.2) is 51.9 Å². The van der Waals surface area contributed by atoms with Crippen molar-refractivity contribution >= 4 is 17.6 Å². The van der Waals surface area contributed by atoms with Crippen molar-refractivity contribution in [3.8, 4) is 5.69 Å². The number of nitrogens with one attached hydrogen (secondary N) is 1. The lowest BCUT2D eigenvalue weighted by Gasteiger charge is -2.31. The van der Waals surface area contributed by atoms with Gasteiger partial charge in [-0.25, -0.2) is 9.07 Å². The van der Waals surface area contributed by atoms with Crippen molar-refractivity contribution in [1.82, 2.24) is 20.0 Å². The molecule has 2 amide bonds. The standard InChI is InChI=1S/C27H29FN4O3/c1-18-24(19(2)32(30-18)22-9-4-3-5-10-22)25(33)27(35)31-16-13-21(14-17-31)26(34)29-15-12-20-8-6-7-11-23(20)28/h3-11,21H,12-17H2,1-2H3,(H,29,34). The van der Waals surface area contributed by atoms with Gasteiger partial charge in [0.15, 0.2) is 0 Å². The summed E-state index contributed by atoms with van der Waals surface area (Å²) in [6, 6.07) is 16.0. The number of aromatic nitrogens is 2. The summed E-state index contributed by atoms with van der Waals surface area (Å²) < 4.78 is 15.4. The summed E-state index contributed by atoms with van der Waals surface area (Å²) in [5.74, 6) is -1.76. The zero-order valence-electron chi connectivity index (χ0n) is 20.0. The highest BCUT2D eigenvalue weighted by Gasteiger charge is 2.33. The second-order valence-electron chi connectivity index (χ2n) is 8.82. The molecule has 1 saturated heterocycles. The van der Waals surface area contributed by atoms with Gasteiger partial charge in [-0.3, -0.25) is 14.4 Å². The lowest BCUT2D eigenvalue weighted by molar-refractivity contribution is -0.132. The summed E-state index contributed by atoms with van der Waals surface area (Å²) in [7, 11) is 0. The van der Waals surface area contributed by atoms with E-state index in [9.17, 15) is 18.8 Å². The van der Waals surface area contributed by atoms with Gasteiger partial charge < -0.3 is 10.2 Å². The van der Waals surface area contributed by atoms with Crippen LogP contribution in [0.5, 0.6) is 0 Å². The molecule has 1 fully saturated rings. The van der Waals surface area contributed by atoms with Gasteiger partial charge in [0.1, 0.15) is 5.82 Å². The fraction of sp³-hybridized carbons (Fsp3) is 0.333. The maximum Gasteiger partial charge on any atom is 0.295 e. The third kappa shape index (κ3) is 5.31. The number of amides is 2. The normalized spacial score (nSPS) is 14.1. The average molecular weight is 477 g/mol. The smallest absolute Gasteiger partial charge is 0.295 e. The van der Waals surface area contributed by atoms with E-state index >= 15 is 0 Å². The molecule has 0 aliphatic carbocycles. The van der Waals surface area contributed by atoms with E-state index < -0.39 is 11.7 Å². The Hall–Kier alpha value is -3.81. The molecule has 0 atom stereocenters. The topological polar surface area (TPSA) is 84.3 Å². The number of para-hydroxylation sites is 1. The van der Waals surface area contributed by atoms with Crippen LogP contribution in [-0.2, 0) is 16.0 Å². The molecular formula is C27H29FN4O3. The molecule has 2 aromatic carbocycles. The number of ketones is 1. The van der Waals surface area contributed by atoms with Crippen LogP contribution in [0.3, 0.4) is 0 Å². The van der Waals surface area contributed by atoms with E-state index in [1.165, 1.54) is 11.0 Å². The van der Waals surface area contributed by atoms with E-state index in [1.54, 1.807) is 36.7 Å². The summed E-state index contributed by atoms with van der Waals surface area (Å²) in [6.07, 6.45) is 1.37. The van der Waals surface area contributed by atoms with Gasteiger partial charge in [-0.1, -0.05) is 36.4 Å². The summed E-state index contributed by atoms with van der Waals surface area (Å²) >= 11 is 0. The molecular weight excluding hydrogens is 447 g/mol. The molecule has 0 radical (unpaired) electrons. The maximum absolute atomic E-state index is 13.7. The number of aryl methyl sites for hydroxylation is 1. The van der Waals surface area contributed by atoms with Crippen LogP contribution < -0.4 is 5.32 Å². The largest absolute Gasteiger partial charge is 0.356 e. The summed E-state index contributed by atoms with van der Waals surface area (Å²) in [5.41, 5.74) is 2.84. The zero-order valence-corrected chi connectivity index (χ0v) is 20.0. The van der Waals surface area contributed by atoms with Gasteiger partial charge in [0.25, 0.3) is 11.7 Å². The summed E-state index contributed by atoms with van der Waals surface area (Å²) in [4.78, 5) is 40.1. The van der Waals surface area contributed by atoms with E-state index in [-0.39, 0.29) is 17.6 Å². The van der Waals surface area contributed by atoms with Crippen LogP contribution in [0.15, 0.2) is 54.6 Å². The van der Waals surface area contributed by atoms with E-state index in [4.69, 9.17) is 0 Å². The Morgan fingerprint density at radius 1 is 1.00 bits per heavy atom. The first-order chi connectivity index (χ1) is 16.9. The third-order valence-electron chi connectivity index (χ3n) is 6.52. The van der Waals surface area contributed by atoms with Gasteiger partial charge in [-0.15, -0.1) is 0 Å². The fourth-order valence-electron chi connectivity index (χ4n) is 4.55. The Balaban J connectivity index is 1.32. The Kier molecular flexibility index (Phi) is 7.39. The van der Waals surface area contributed by atoms with Crippen molar-refractivity contribution < 1.29 is 18.8 Å². The van der Waals surface area contributed by atoms with E-state index in [0.29, 0.717) is 61.4 Å². The van der Waals surface area contributed by atoms with E-state index in [1.807, 2.05) is 30.3 Å². The van der Waals surface area contributed by atoms with Crippen molar-refractivity contribution in [2.45, 2.75) is 33.1 Å². The van der Waals surface area contributed by atoms with Crippen molar-refractivity contribution in [3.05, 3.63) is 82.9 Å². The molecule has 8 heteroatoms. The molecule has 0 unspecified atom stereocenters. The van der Waals surface area contributed by atoms with Crippen LogP contribution in [0.4, 0.5) is 4.39 Å². The van der Waals surface area contributed by atoms with Crippen LogP contribution in [0.1, 0.15) is 40.2 Å². The molecule has 35 heavy (non-hydrogen) atoms. The number of hydrogen-bond acceptors (Lipinski definition) is 4. The lowest BCUT2D eigenvalue weighted by atomic mass is 9.95. The second kappa shape index (κ2) is 10.6. The zero-order chi connectivity index (χ0) is 24.9. The minimum atomic E-state index is -0.574. The molecule has 2 heterocycles. The molecule has 1 aromatic heterocycles. The number of carbonyl (C=O) groups excluding carboxylic acids is 3. The molecule has 1 aliphatic heterocycles. The monoisotopic (exact) mass is 476 g/mol. The number of benzene rings is 2. The molecule has 0 spiro atoms. The van der Waals surface area contributed by atoms with Crippen LogP contribution in [0.2, 0.25) is 0 Å². The minimum Gasteiger partial charge on any atom is -0.356 e. The molecule has 0 bridgehead atoms. The van der Waals surface area contributed by atoms with Gasteiger partial charge in [-0.05, 0) is 56.9 Å². The minimum absolute atomic E-state index is 0.101. The Bertz CT molecular complexity index is 1230. The predicted molar refractivity (Wildman–Crippen MR) is 130 cm³/mol. The van der Waals surface area contributed by atoms with Gasteiger partial charge >= 0.3 is 0 Å². The van der Waals surface area contributed by atoms with Gasteiger partial charge in [-0.2, -0.15) is 5.10 Å². The lowest BCUT2D eigenvalue weighted by Crippen LogP contribution is -2.45. The van der Waals surface area contributed by atoms with Crippen molar-refractivity contribution in [2.75, 3.05) is 19.6 Å². The molecule has 7 nitrogen and oxygen atoms in total. The molecule has 4 rings (SSSR count). The Morgan fingerprint density at radius 2 is 1.66 bits per heavy atom. The number of rotatable bonds is 7. The van der Waals surface area contributed by atoms with Crippen LogP contribution >= 0.6 is 0 Å². The van der Waals surface area contributed by atoms with Crippen LogP contribution in [0, 0.1) is 25.6 Å².